The van der Waals surface area contributed by atoms with Crippen molar-refractivity contribution >= 4 is 46.7 Å². The molecule has 0 atom stereocenters. The quantitative estimate of drug-likeness (QED) is 0.238. The van der Waals surface area contributed by atoms with Crippen LogP contribution in [0.3, 0.4) is 0 Å². The van der Waals surface area contributed by atoms with E-state index < -0.39 is 0 Å². The van der Waals surface area contributed by atoms with Crippen molar-refractivity contribution in [1.29, 1.82) is 0 Å². The monoisotopic (exact) mass is 570 g/mol. The van der Waals surface area contributed by atoms with Crippen LogP contribution in [0.2, 0.25) is 0 Å². The molecule has 204 valence electrons. The number of hydrogen-bond donors (Lipinski definition) is 2. The Morgan fingerprint density at radius 1 is 0.769 bits per heavy atom. The third-order valence-electron chi connectivity index (χ3n) is 5.32. The number of ether oxygens (including phenoxy) is 2. The highest BCUT2D eigenvalue weighted by Crippen LogP contribution is 2.30. The van der Waals surface area contributed by atoms with Crippen LogP contribution < -0.4 is 20.1 Å². The maximum Gasteiger partial charge on any atom is 0.234 e. The average Bonchev–Trinajstić information content (AvgIpc) is 3.54. The summed E-state index contributed by atoms with van der Waals surface area (Å²) in [6, 6.07) is 11.2. The lowest BCUT2D eigenvalue weighted by Crippen LogP contribution is -2.15. The second-order valence-corrected chi connectivity index (χ2v) is 9.97. The number of hydrogen-bond acceptors (Lipinski definition) is 12. The van der Waals surface area contributed by atoms with Crippen LogP contribution >= 0.6 is 23.5 Å². The first-order chi connectivity index (χ1) is 18.9. The highest BCUT2D eigenvalue weighted by molar-refractivity contribution is 8.00. The van der Waals surface area contributed by atoms with Gasteiger partial charge in [0.15, 0.2) is 0 Å². The van der Waals surface area contributed by atoms with Crippen LogP contribution in [0, 0.1) is 0 Å². The molecule has 14 nitrogen and oxygen atoms in total. The van der Waals surface area contributed by atoms with Gasteiger partial charge in [-0.15, -0.1) is 10.2 Å². The zero-order valence-electron chi connectivity index (χ0n) is 21.6. The second kappa shape index (κ2) is 13.1. The molecule has 2 amide bonds. The first-order valence-electron chi connectivity index (χ1n) is 11.5. The molecular weight excluding hydrogens is 544 g/mol. The minimum absolute atomic E-state index is 0.151. The van der Waals surface area contributed by atoms with E-state index >= 15 is 0 Å². The molecule has 0 saturated heterocycles. The summed E-state index contributed by atoms with van der Waals surface area (Å²) < 4.78 is 14.0. The van der Waals surface area contributed by atoms with Crippen molar-refractivity contribution in [1.82, 2.24) is 40.4 Å². The third kappa shape index (κ3) is 7.44. The summed E-state index contributed by atoms with van der Waals surface area (Å²) in [6.45, 7) is 0. The topological polar surface area (TPSA) is 164 Å². The molecule has 0 unspecified atom stereocenters. The van der Waals surface area contributed by atoms with Crippen molar-refractivity contribution in [2.75, 3.05) is 36.4 Å². The highest BCUT2D eigenvalue weighted by Gasteiger charge is 2.14. The number of benzene rings is 2. The second-order valence-electron chi connectivity index (χ2n) is 8.09. The van der Waals surface area contributed by atoms with Gasteiger partial charge in [0.05, 0.1) is 37.1 Å². The lowest BCUT2D eigenvalue weighted by molar-refractivity contribution is -0.114. The van der Waals surface area contributed by atoms with Crippen LogP contribution in [0.4, 0.5) is 11.4 Å². The standard InChI is InChI=1S/C23H26N10O4S2/c1-32-22(26-28-30-32)38-12-20(34)24-16-7-5-14(10-18(16)36-3)9-15-6-8-17(19(11-15)37-4)25-21(35)13-39-23-27-29-31-33(23)2/h5-8,10-11H,9,12-13H2,1-4H3,(H,24,34)(H,25,35). The number of rotatable bonds is 12. The van der Waals surface area contributed by atoms with Crippen molar-refractivity contribution < 1.29 is 19.1 Å². The Hall–Kier alpha value is -4.18. The van der Waals surface area contributed by atoms with Gasteiger partial charge in [-0.1, -0.05) is 35.7 Å². The summed E-state index contributed by atoms with van der Waals surface area (Å²) in [5, 5.41) is 29.1. The maximum atomic E-state index is 12.4. The Kier molecular flexibility index (Phi) is 9.32. The van der Waals surface area contributed by atoms with Gasteiger partial charge in [0.1, 0.15) is 11.5 Å². The van der Waals surface area contributed by atoms with E-state index in [1.54, 1.807) is 40.4 Å². The number of nitrogens with one attached hydrogen (secondary N) is 2. The number of thioether (sulfide) groups is 2. The minimum Gasteiger partial charge on any atom is -0.495 e. The Bertz CT molecular complexity index is 1350. The normalized spacial score (nSPS) is 10.8. The van der Waals surface area contributed by atoms with Crippen molar-refractivity contribution in [3.63, 3.8) is 0 Å². The Morgan fingerprint density at radius 2 is 1.21 bits per heavy atom. The fraction of sp³-hybridized carbons (Fsp3) is 0.304. The van der Waals surface area contributed by atoms with Crippen LogP contribution in [0.15, 0.2) is 46.7 Å². The number of methoxy groups -OCH3 is 2. The van der Waals surface area contributed by atoms with Gasteiger partial charge in [-0.2, -0.15) is 0 Å². The summed E-state index contributed by atoms with van der Waals surface area (Å²) in [4.78, 5) is 24.9. The Balaban J connectivity index is 1.36. The minimum atomic E-state index is -0.205. The van der Waals surface area contributed by atoms with Gasteiger partial charge in [-0.25, -0.2) is 9.36 Å². The summed E-state index contributed by atoms with van der Waals surface area (Å²) >= 11 is 2.47. The molecule has 4 aromatic rings. The smallest absolute Gasteiger partial charge is 0.234 e. The van der Waals surface area contributed by atoms with Crippen LogP contribution in [-0.2, 0) is 30.1 Å². The van der Waals surface area contributed by atoms with E-state index in [0.717, 1.165) is 11.1 Å². The van der Waals surface area contributed by atoms with Gasteiger partial charge < -0.3 is 20.1 Å². The van der Waals surface area contributed by atoms with Crippen molar-refractivity contribution in [2.24, 2.45) is 14.1 Å². The molecule has 2 aromatic carbocycles. The van der Waals surface area contributed by atoms with Crippen molar-refractivity contribution in [3.05, 3.63) is 47.5 Å². The van der Waals surface area contributed by atoms with E-state index in [1.165, 1.54) is 32.9 Å². The average molecular weight is 571 g/mol. The molecule has 0 aliphatic heterocycles. The fourth-order valence-corrected chi connectivity index (χ4v) is 4.75. The number of amides is 2. The van der Waals surface area contributed by atoms with Gasteiger partial charge in [0.25, 0.3) is 0 Å². The molecule has 4 rings (SSSR count). The molecule has 0 saturated carbocycles. The molecule has 0 aliphatic rings. The Morgan fingerprint density at radius 3 is 1.56 bits per heavy atom. The summed E-state index contributed by atoms with van der Waals surface area (Å²) in [5.41, 5.74) is 3.07. The van der Waals surface area contributed by atoms with E-state index in [9.17, 15) is 9.59 Å². The molecule has 0 spiro atoms. The van der Waals surface area contributed by atoms with E-state index in [4.69, 9.17) is 9.47 Å². The number of carbonyl (C=O) groups is 2. The lowest BCUT2D eigenvalue weighted by atomic mass is 10.0. The lowest BCUT2D eigenvalue weighted by Gasteiger charge is -2.14. The van der Waals surface area contributed by atoms with Crippen molar-refractivity contribution in [3.8, 4) is 11.5 Å². The maximum absolute atomic E-state index is 12.4. The number of aromatic nitrogens is 8. The molecule has 0 fully saturated rings. The third-order valence-corrected chi connectivity index (χ3v) is 7.34. The van der Waals surface area contributed by atoms with Gasteiger partial charge in [-0.05, 0) is 62.7 Å². The largest absolute Gasteiger partial charge is 0.495 e. The van der Waals surface area contributed by atoms with Crippen molar-refractivity contribution in [2.45, 2.75) is 16.7 Å². The van der Waals surface area contributed by atoms with Crippen LogP contribution in [-0.4, -0.2) is 78.0 Å². The summed E-state index contributed by atoms with van der Waals surface area (Å²) in [6.07, 6.45) is 0.583. The van der Waals surface area contributed by atoms with Gasteiger partial charge in [0.2, 0.25) is 22.1 Å². The number of carbonyl (C=O) groups excluding carboxylic acids is 2. The van der Waals surface area contributed by atoms with Gasteiger partial charge in [0, 0.05) is 14.1 Å². The molecule has 2 heterocycles. The first-order valence-corrected chi connectivity index (χ1v) is 13.5. The van der Waals surface area contributed by atoms with Crippen LogP contribution in [0.1, 0.15) is 11.1 Å². The van der Waals surface area contributed by atoms with Crippen LogP contribution in [0.25, 0.3) is 0 Å². The molecule has 39 heavy (non-hydrogen) atoms. The van der Waals surface area contributed by atoms with E-state index in [-0.39, 0.29) is 23.3 Å². The predicted molar refractivity (Wildman–Crippen MR) is 145 cm³/mol. The van der Waals surface area contributed by atoms with Crippen LogP contribution in [0.5, 0.6) is 11.5 Å². The number of anilines is 2. The zero-order valence-corrected chi connectivity index (χ0v) is 23.2. The number of tetrazole rings is 2. The van der Waals surface area contributed by atoms with E-state index in [0.29, 0.717) is 39.6 Å². The molecule has 0 aliphatic carbocycles. The molecule has 2 aromatic heterocycles. The molecule has 2 N–H and O–H groups in total. The SMILES string of the molecule is COc1cc(Cc2ccc(NC(=O)CSc3nnnn3C)c(OC)c2)ccc1NC(=O)CSc1nnnn1C. The van der Waals surface area contributed by atoms with E-state index in [1.807, 2.05) is 24.3 Å². The predicted octanol–water partition coefficient (Wildman–Crippen LogP) is 1.80. The van der Waals surface area contributed by atoms with E-state index in [2.05, 4.69) is 41.7 Å². The molecule has 0 radical (unpaired) electrons. The molecule has 16 heteroatoms. The molecule has 0 bridgehead atoms. The number of nitrogens with zero attached hydrogens (tertiary/aromatic N) is 8. The van der Waals surface area contributed by atoms with Gasteiger partial charge >= 0.3 is 0 Å². The molecular formula is C23H26N10O4S2. The summed E-state index contributed by atoms with van der Waals surface area (Å²) in [5.74, 6) is 0.969. The zero-order chi connectivity index (χ0) is 27.8. The highest BCUT2D eigenvalue weighted by atomic mass is 32.2. The van der Waals surface area contributed by atoms with Gasteiger partial charge in [-0.3, -0.25) is 9.59 Å². The number of aryl methyl sites for hydroxylation is 2. The first kappa shape index (κ1) is 27.8. The fourth-order valence-electron chi connectivity index (χ4n) is 3.45. The Labute approximate surface area is 232 Å². The summed E-state index contributed by atoms with van der Waals surface area (Å²) in [7, 11) is 6.52.